The van der Waals surface area contributed by atoms with Gasteiger partial charge in [-0.3, -0.25) is 0 Å². The average molecular weight is 225 g/mol. The van der Waals surface area contributed by atoms with Gasteiger partial charge >= 0.3 is 0 Å². The second kappa shape index (κ2) is 3.79. The third-order valence-electron chi connectivity index (χ3n) is 2.93. The second-order valence-corrected chi connectivity index (χ2v) is 5.40. The second-order valence-electron chi connectivity index (χ2n) is 4.41. The van der Waals surface area contributed by atoms with Crippen LogP contribution in [0.1, 0.15) is 37.5 Å². The Hall–Kier alpha value is -0.550. The summed E-state index contributed by atoms with van der Waals surface area (Å²) in [5.41, 5.74) is 0. The molecule has 0 bridgehead atoms. The predicted molar refractivity (Wildman–Crippen MR) is 57.7 cm³/mol. The largest absolute Gasteiger partial charge is 0.388 e. The highest BCUT2D eigenvalue weighted by Crippen LogP contribution is 2.40. The molecule has 0 amide bonds. The van der Waals surface area contributed by atoms with Crippen molar-refractivity contribution < 1.29 is 5.11 Å². The summed E-state index contributed by atoms with van der Waals surface area (Å²) in [7, 11) is 0. The van der Waals surface area contributed by atoms with Crippen molar-refractivity contribution in [1.29, 1.82) is 0 Å². The van der Waals surface area contributed by atoms with E-state index in [1.165, 1.54) is 25.7 Å². The molecule has 2 fully saturated rings. The maximum Gasteiger partial charge on any atom is 0.191 e. The van der Waals surface area contributed by atoms with Gasteiger partial charge < -0.3 is 9.67 Å². The van der Waals surface area contributed by atoms with Crippen molar-refractivity contribution in [1.82, 2.24) is 14.8 Å². The van der Waals surface area contributed by atoms with Gasteiger partial charge in [0.15, 0.2) is 11.0 Å². The zero-order chi connectivity index (χ0) is 10.3. The van der Waals surface area contributed by atoms with Crippen LogP contribution in [0.15, 0.2) is 5.16 Å². The highest BCUT2D eigenvalue weighted by atomic mass is 32.2. The van der Waals surface area contributed by atoms with Crippen LogP contribution in [0.2, 0.25) is 0 Å². The van der Waals surface area contributed by atoms with Gasteiger partial charge in [0.1, 0.15) is 6.61 Å². The van der Waals surface area contributed by atoms with Gasteiger partial charge in [-0.05, 0) is 31.6 Å². The molecule has 0 unspecified atom stereocenters. The van der Waals surface area contributed by atoms with E-state index in [4.69, 9.17) is 5.11 Å². The molecule has 0 saturated heterocycles. The molecule has 3 rings (SSSR count). The number of aliphatic hydroxyl groups is 1. The van der Waals surface area contributed by atoms with Crippen LogP contribution in [0, 0.1) is 5.92 Å². The minimum absolute atomic E-state index is 0.00743. The monoisotopic (exact) mass is 225 g/mol. The van der Waals surface area contributed by atoms with Gasteiger partial charge in [0.25, 0.3) is 0 Å². The third-order valence-corrected chi connectivity index (χ3v) is 4.11. The Morgan fingerprint density at radius 3 is 2.67 bits per heavy atom. The number of aliphatic hydroxyl groups excluding tert-OH is 1. The lowest BCUT2D eigenvalue weighted by atomic mass is 10.5. The lowest BCUT2D eigenvalue weighted by molar-refractivity contribution is 0.263. The molecule has 1 N–H and O–H groups in total. The molecule has 2 aliphatic rings. The third kappa shape index (κ3) is 2.03. The van der Waals surface area contributed by atoms with Crippen LogP contribution in [0.4, 0.5) is 0 Å². The molecule has 1 aromatic rings. The van der Waals surface area contributed by atoms with Crippen molar-refractivity contribution in [3.05, 3.63) is 5.82 Å². The van der Waals surface area contributed by atoms with Crippen molar-refractivity contribution in [2.24, 2.45) is 5.92 Å². The fourth-order valence-corrected chi connectivity index (χ4v) is 2.90. The topological polar surface area (TPSA) is 50.9 Å². The maximum absolute atomic E-state index is 9.17. The Morgan fingerprint density at radius 1 is 1.27 bits per heavy atom. The van der Waals surface area contributed by atoms with Gasteiger partial charge in [-0.25, -0.2) is 0 Å². The zero-order valence-corrected chi connectivity index (χ0v) is 9.41. The first kappa shape index (κ1) is 9.66. The van der Waals surface area contributed by atoms with Crippen molar-refractivity contribution in [3.8, 4) is 0 Å². The number of thioether (sulfide) groups is 1. The molecule has 0 radical (unpaired) electrons. The van der Waals surface area contributed by atoms with E-state index in [0.717, 1.165) is 22.7 Å². The van der Waals surface area contributed by atoms with Crippen molar-refractivity contribution in [3.63, 3.8) is 0 Å². The van der Waals surface area contributed by atoms with Crippen molar-refractivity contribution in [2.45, 2.75) is 43.5 Å². The molecule has 0 aromatic carbocycles. The lowest BCUT2D eigenvalue weighted by Gasteiger charge is -2.06. The van der Waals surface area contributed by atoms with Gasteiger partial charge in [-0.1, -0.05) is 11.8 Å². The first-order chi connectivity index (χ1) is 7.38. The van der Waals surface area contributed by atoms with E-state index >= 15 is 0 Å². The highest BCUT2D eigenvalue weighted by Gasteiger charge is 2.30. The summed E-state index contributed by atoms with van der Waals surface area (Å²) in [5, 5.41) is 18.4. The molecule has 4 nitrogen and oxygen atoms in total. The molecule has 1 heterocycles. The van der Waals surface area contributed by atoms with Gasteiger partial charge in [0.2, 0.25) is 0 Å². The molecule has 2 aliphatic carbocycles. The molecular formula is C10H15N3OS. The molecule has 5 heteroatoms. The minimum Gasteiger partial charge on any atom is -0.388 e. The molecule has 1 aromatic heterocycles. The Kier molecular flexibility index (Phi) is 2.44. The van der Waals surface area contributed by atoms with Crippen molar-refractivity contribution >= 4 is 11.8 Å². The van der Waals surface area contributed by atoms with E-state index in [9.17, 15) is 0 Å². The van der Waals surface area contributed by atoms with Gasteiger partial charge in [0.05, 0.1) is 0 Å². The lowest BCUT2D eigenvalue weighted by Crippen LogP contribution is -2.03. The van der Waals surface area contributed by atoms with Gasteiger partial charge in [-0.15, -0.1) is 10.2 Å². The summed E-state index contributed by atoms with van der Waals surface area (Å²) < 4.78 is 2.13. The normalized spacial score (nSPS) is 20.9. The SMILES string of the molecule is OCc1nnc(SCC2CC2)n1C1CC1. The molecule has 82 valence electrons. The number of hydrogen-bond acceptors (Lipinski definition) is 4. The molecular weight excluding hydrogens is 210 g/mol. The Labute approximate surface area is 93.1 Å². The van der Waals surface area contributed by atoms with Crippen LogP contribution >= 0.6 is 11.8 Å². The van der Waals surface area contributed by atoms with Gasteiger partial charge in [-0.2, -0.15) is 0 Å². The Morgan fingerprint density at radius 2 is 2.07 bits per heavy atom. The summed E-state index contributed by atoms with van der Waals surface area (Å²) in [6.45, 7) is 0.00743. The maximum atomic E-state index is 9.17. The van der Waals surface area contributed by atoms with E-state index in [0.29, 0.717) is 6.04 Å². The average Bonchev–Trinajstić information content (AvgIpc) is 3.14. The molecule has 0 atom stereocenters. The van der Waals surface area contributed by atoms with Crippen LogP contribution in [0.3, 0.4) is 0 Å². The first-order valence-corrected chi connectivity index (χ1v) is 6.54. The van der Waals surface area contributed by atoms with Crippen LogP contribution in [0.5, 0.6) is 0 Å². The minimum atomic E-state index is 0.00743. The van der Waals surface area contributed by atoms with E-state index in [1.807, 2.05) is 0 Å². The molecule has 15 heavy (non-hydrogen) atoms. The predicted octanol–water partition coefficient (Wildman–Crippen LogP) is 1.61. The summed E-state index contributed by atoms with van der Waals surface area (Å²) in [6.07, 6.45) is 5.17. The van der Waals surface area contributed by atoms with E-state index < -0.39 is 0 Å². The molecule has 0 spiro atoms. The Bertz CT molecular complexity index is 358. The summed E-state index contributed by atoms with van der Waals surface area (Å²) in [4.78, 5) is 0. The van der Waals surface area contributed by atoms with Gasteiger partial charge in [0, 0.05) is 11.8 Å². The number of hydrogen-bond donors (Lipinski definition) is 1. The van der Waals surface area contributed by atoms with E-state index in [1.54, 1.807) is 11.8 Å². The summed E-state index contributed by atoms with van der Waals surface area (Å²) in [6, 6.07) is 0.559. The fourth-order valence-electron chi connectivity index (χ4n) is 1.69. The molecule has 0 aliphatic heterocycles. The first-order valence-electron chi connectivity index (χ1n) is 5.56. The fraction of sp³-hybridized carbons (Fsp3) is 0.800. The van der Waals surface area contributed by atoms with Crippen LogP contribution in [0.25, 0.3) is 0 Å². The van der Waals surface area contributed by atoms with Crippen LogP contribution in [-0.2, 0) is 6.61 Å². The Balaban J connectivity index is 1.75. The highest BCUT2D eigenvalue weighted by molar-refractivity contribution is 7.99. The summed E-state index contributed by atoms with van der Waals surface area (Å²) in [5.74, 6) is 2.80. The number of nitrogens with zero attached hydrogens (tertiary/aromatic N) is 3. The zero-order valence-electron chi connectivity index (χ0n) is 8.59. The quantitative estimate of drug-likeness (QED) is 0.773. The van der Waals surface area contributed by atoms with Crippen LogP contribution in [-0.4, -0.2) is 25.6 Å². The molecule has 2 saturated carbocycles. The smallest absolute Gasteiger partial charge is 0.191 e. The standard InChI is InChI=1S/C10H15N3OS/c14-5-9-11-12-10(13(9)8-3-4-8)15-6-7-1-2-7/h7-8,14H,1-6H2. The number of rotatable bonds is 5. The van der Waals surface area contributed by atoms with Crippen molar-refractivity contribution in [2.75, 3.05) is 5.75 Å². The van der Waals surface area contributed by atoms with Crippen LogP contribution < -0.4 is 0 Å². The summed E-state index contributed by atoms with van der Waals surface area (Å²) >= 11 is 1.80. The number of aromatic nitrogens is 3. The van der Waals surface area contributed by atoms with E-state index in [2.05, 4.69) is 14.8 Å². The van der Waals surface area contributed by atoms with E-state index in [-0.39, 0.29) is 6.61 Å².